The van der Waals surface area contributed by atoms with E-state index < -0.39 is 0 Å². The average Bonchev–Trinajstić information content (AvgIpc) is 2.80. The lowest BCUT2D eigenvalue weighted by molar-refractivity contribution is 0.517. The molecule has 0 amide bonds. The van der Waals surface area contributed by atoms with E-state index in [0.717, 1.165) is 31.9 Å². The second-order valence-corrected chi connectivity index (χ2v) is 4.61. The van der Waals surface area contributed by atoms with Crippen LogP contribution >= 0.6 is 11.6 Å². The van der Waals surface area contributed by atoms with Crippen molar-refractivity contribution in [3.8, 4) is 0 Å². The predicted molar refractivity (Wildman–Crippen MR) is 68.8 cm³/mol. The van der Waals surface area contributed by atoms with Crippen molar-refractivity contribution in [1.82, 2.24) is 14.9 Å². The highest BCUT2D eigenvalue weighted by atomic mass is 35.5. The molecular weight excluding hydrogens is 222 g/mol. The third-order valence-electron chi connectivity index (χ3n) is 2.64. The van der Waals surface area contributed by atoms with Crippen LogP contribution in [0.1, 0.15) is 26.2 Å². The largest absolute Gasteiger partial charge is 0.337 e. The first-order valence-corrected chi connectivity index (χ1v) is 6.59. The number of nitrogens with one attached hydrogen (secondary N) is 1. The smallest absolute Gasteiger partial charge is 0.0945 e. The summed E-state index contributed by atoms with van der Waals surface area (Å²) in [5.74, 6) is 1.43. The van der Waals surface area contributed by atoms with Gasteiger partial charge in [-0.2, -0.15) is 0 Å². The highest BCUT2D eigenvalue weighted by Crippen LogP contribution is 2.05. The molecule has 0 radical (unpaired) electrons. The van der Waals surface area contributed by atoms with Gasteiger partial charge < -0.3 is 9.88 Å². The first-order valence-electron chi connectivity index (χ1n) is 6.05. The molecule has 1 N–H and O–H groups in total. The van der Waals surface area contributed by atoms with E-state index in [0.29, 0.717) is 5.92 Å². The summed E-state index contributed by atoms with van der Waals surface area (Å²) in [7, 11) is 0. The molecule has 0 aliphatic heterocycles. The van der Waals surface area contributed by atoms with Crippen LogP contribution < -0.4 is 5.32 Å². The van der Waals surface area contributed by atoms with E-state index in [4.69, 9.17) is 11.6 Å². The summed E-state index contributed by atoms with van der Waals surface area (Å²) in [5, 5.41) is 3.45. The van der Waals surface area contributed by atoms with E-state index in [-0.39, 0.29) is 0 Å². The molecule has 1 atom stereocenters. The van der Waals surface area contributed by atoms with Crippen LogP contribution in [0.3, 0.4) is 0 Å². The highest BCUT2D eigenvalue weighted by Gasteiger charge is 1.98. The molecule has 1 aromatic rings. The van der Waals surface area contributed by atoms with E-state index in [1.807, 2.05) is 18.7 Å². The quantitative estimate of drug-likeness (QED) is 0.534. The van der Waals surface area contributed by atoms with Crippen LogP contribution in [0.15, 0.2) is 18.7 Å². The van der Waals surface area contributed by atoms with Crippen molar-refractivity contribution in [2.75, 3.05) is 19.0 Å². The summed E-state index contributed by atoms with van der Waals surface area (Å²) in [6.45, 7) is 5.43. The van der Waals surface area contributed by atoms with Crippen molar-refractivity contribution in [2.45, 2.75) is 32.7 Å². The molecule has 16 heavy (non-hydrogen) atoms. The number of rotatable bonds is 9. The van der Waals surface area contributed by atoms with E-state index in [9.17, 15) is 0 Å². The van der Waals surface area contributed by atoms with Crippen molar-refractivity contribution in [2.24, 2.45) is 5.92 Å². The van der Waals surface area contributed by atoms with Crippen molar-refractivity contribution in [3.63, 3.8) is 0 Å². The van der Waals surface area contributed by atoms with Crippen LogP contribution in [-0.4, -0.2) is 28.5 Å². The van der Waals surface area contributed by atoms with Crippen LogP contribution in [0.5, 0.6) is 0 Å². The number of aryl methyl sites for hydroxylation is 1. The fourth-order valence-electron chi connectivity index (χ4n) is 1.58. The van der Waals surface area contributed by atoms with Gasteiger partial charge in [0.05, 0.1) is 6.33 Å². The molecule has 1 unspecified atom stereocenters. The molecular formula is C12H22ClN3. The zero-order valence-electron chi connectivity index (χ0n) is 10.0. The van der Waals surface area contributed by atoms with E-state index in [2.05, 4.69) is 21.8 Å². The number of hydrogen-bond acceptors (Lipinski definition) is 2. The van der Waals surface area contributed by atoms with Crippen molar-refractivity contribution >= 4 is 11.6 Å². The van der Waals surface area contributed by atoms with Crippen molar-refractivity contribution in [1.29, 1.82) is 0 Å². The Morgan fingerprint density at radius 3 is 2.88 bits per heavy atom. The van der Waals surface area contributed by atoms with Gasteiger partial charge in [-0.05, 0) is 38.3 Å². The third-order valence-corrected chi connectivity index (χ3v) is 3.17. The Bertz CT molecular complexity index is 249. The molecule has 0 aromatic carbocycles. The number of imidazole rings is 1. The Balaban J connectivity index is 1.85. The Kier molecular flexibility index (Phi) is 7.26. The van der Waals surface area contributed by atoms with E-state index in [1.165, 1.54) is 12.8 Å². The maximum absolute atomic E-state index is 5.74. The normalized spacial score (nSPS) is 12.9. The molecule has 3 nitrogen and oxygen atoms in total. The lowest BCUT2D eigenvalue weighted by Crippen LogP contribution is -2.18. The summed E-state index contributed by atoms with van der Waals surface area (Å²) in [6, 6.07) is 0. The minimum atomic E-state index is 0.648. The van der Waals surface area contributed by atoms with Gasteiger partial charge in [0.1, 0.15) is 0 Å². The minimum Gasteiger partial charge on any atom is -0.337 e. The summed E-state index contributed by atoms with van der Waals surface area (Å²) < 4.78 is 2.11. The van der Waals surface area contributed by atoms with Crippen molar-refractivity contribution < 1.29 is 0 Å². The van der Waals surface area contributed by atoms with Crippen LogP contribution in [0.4, 0.5) is 0 Å². The zero-order valence-corrected chi connectivity index (χ0v) is 10.8. The lowest BCUT2D eigenvalue weighted by atomic mass is 10.1. The maximum Gasteiger partial charge on any atom is 0.0945 e. The summed E-state index contributed by atoms with van der Waals surface area (Å²) >= 11 is 5.74. The maximum atomic E-state index is 5.74. The first-order chi connectivity index (χ1) is 7.83. The fraction of sp³-hybridized carbons (Fsp3) is 0.750. The van der Waals surface area contributed by atoms with Gasteiger partial charge in [-0.15, -0.1) is 11.6 Å². The van der Waals surface area contributed by atoms with Crippen molar-refractivity contribution in [3.05, 3.63) is 18.7 Å². The van der Waals surface area contributed by atoms with Gasteiger partial charge in [0, 0.05) is 24.8 Å². The molecule has 1 heterocycles. The number of aromatic nitrogens is 2. The van der Waals surface area contributed by atoms with E-state index >= 15 is 0 Å². The Morgan fingerprint density at radius 1 is 1.38 bits per heavy atom. The molecule has 0 fully saturated rings. The van der Waals surface area contributed by atoms with Gasteiger partial charge in [0.15, 0.2) is 0 Å². The molecule has 0 saturated heterocycles. The van der Waals surface area contributed by atoms with Crippen LogP contribution in [0.25, 0.3) is 0 Å². The molecule has 4 heteroatoms. The molecule has 0 aliphatic rings. The van der Waals surface area contributed by atoms with Crippen LogP contribution in [-0.2, 0) is 6.54 Å². The Morgan fingerprint density at radius 2 is 2.19 bits per heavy atom. The molecule has 0 aliphatic carbocycles. The van der Waals surface area contributed by atoms with Crippen LogP contribution in [0, 0.1) is 5.92 Å². The molecule has 1 rings (SSSR count). The van der Waals surface area contributed by atoms with Gasteiger partial charge >= 0.3 is 0 Å². The summed E-state index contributed by atoms with van der Waals surface area (Å²) in [6.07, 6.45) is 9.28. The van der Waals surface area contributed by atoms with Gasteiger partial charge in [-0.25, -0.2) is 4.98 Å². The topological polar surface area (TPSA) is 29.9 Å². The lowest BCUT2D eigenvalue weighted by Gasteiger charge is -2.08. The number of hydrogen-bond donors (Lipinski definition) is 1. The van der Waals surface area contributed by atoms with Gasteiger partial charge in [-0.3, -0.25) is 0 Å². The minimum absolute atomic E-state index is 0.648. The van der Waals surface area contributed by atoms with Gasteiger partial charge in [0.25, 0.3) is 0 Å². The highest BCUT2D eigenvalue weighted by molar-refractivity contribution is 6.18. The molecule has 92 valence electrons. The fourth-order valence-corrected chi connectivity index (χ4v) is 1.74. The summed E-state index contributed by atoms with van der Waals surface area (Å²) in [4.78, 5) is 4.01. The zero-order chi connectivity index (χ0) is 11.6. The standard InChI is InChI=1S/C12H22ClN3/c1-12(10-13)4-2-5-14-6-3-8-16-9-7-15-11-16/h7,9,11-12,14H,2-6,8,10H2,1H3. The van der Waals surface area contributed by atoms with Gasteiger partial charge in [-0.1, -0.05) is 6.92 Å². The second kappa shape index (κ2) is 8.59. The molecule has 1 aromatic heterocycles. The predicted octanol–water partition coefficient (Wildman–Crippen LogP) is 2.52. The second-order valence-electron chi connectivity index (χ2n) is 4.31. The number of halogens is 1. The summed E-state index contributed by atoms with van der Waals surface area (Å²) in [5.41, 5.74) is 0. The van der Waals surface area contributed by atoms with Gasteiger partial charge in [0.2, 0.25) is 0 Å². The molecule has 0 spiro atoms. The molecule has 0 saturated carbocycles. The first kappa shape index (κ1) is 13.5. The van der Waals surface area contributed by atoms with E-state index in [1.54, 1.807) is 0 Å². The third kappa shape index (κ3) is 6.13. The Hall–Kier alpha value is -0.540. The Labute approximate surface area is 103 Å². The molecule has 0 bridgehead atoms. The SMILES string of the molecule is CC(CCl)CCCNCCCn1ccnc1. The number of alkyl halides is 1. The monoisotopic (exact) mass is 243 g/mol. The average molecular weight is 244 g/mol. The number of nitrogens with zero attached hydrogens (tertiary/aromatic N) is 2. The van der Waals surface area contributed by atoms with Crippen LogP contribution in [0.2, 0.25) is 0 Å².